The zero-order valence-corrected chi connectivity index (χ0v) is 12.8. The fourth-order valence-corrected chi connectivity index (χ4v) is 2.72. The molecule has 108 valence electrons. The molecule has 0 aliphatic rings. The quantitative estimate of drug-likeness (QED) is 0.434. The van der Waals surface area contributed by atoms with Crippen LogP contribution in [0.25, 0.3) is 0 Å². The molecule has 0 amide bonds. The smallest absolute Gasteiger partial charge is 0.258 e. The Bertz CT molecular complexity index is 446. The summed E-state index contributed by atoms with van der Waals surface area (Å²) < 4.78 is 0. The van der Waals surface area contributed by atoms with Crippen LogP contribution in [0.2, 0.25) is 0 Å². The van der Waals surface area contributed by atoms with Gasteiger partial charge in [0, 0.05) is 5.75 Å². The number of nitrogens with zero attached hydrogens (tertiary/aromatic N) is 1. The number of H-pyrrole nitrogens is 1. The molecular formula is C14H24N2O2S. The van der Waals surface area contributed by atoms with Crippen LogP contribution >= 0.6 is 11.8 Å². The largest absolute Gasteiger partial charge is 0.493 e. The minimum atomic E-state index is -0.210. The SMILES string of the molecule is CCCCCCSc1nc(O)c([C@@H](C)CC)c(=O)[nH]1. The van der Waals surface area contributed by atoms with E-state index in [0.717, 1.165) is 18.6 Å². The average Bonchev–Trinajstić information content (AvgIpc) is 2.37. The molecule has 0 aromatic carbocycles. The number of aromatic nitrogens is 2. The van der Waals surface area contributed by atoms with E-state index in [1.54, 1.807) is 0 Å². The molecule has 2 N–H and O–H groups in total. The van der Waals surface area contributed by atoms with E-state index in [9.17, 15) is 9.90 Å². The number of hydrogen-bond acceptors (Lipinski definition) is 4. The summed E-state index contributed by atoms with van der Waals surface area (Å²) in [5.74, 6) is 0.833. The lowest BCUT2D eigenvalue weighted by Gasteiger charge is -2.10. The van der Waals surface area contributed by atoms with Crippen LogP contribution in [-0.2, 0) is 0 Å². The molecule has 1 rings (SSSR count). The molecule has 0 aliphatic carbocycles. The van der Waals surface area contributed by atoms with E-state index in [1.807, 2.05) is 13.8 Å². The van der Waals surface area contributed by atoms with Gasteiger partial charge in [-0.25, -0.2) is 0 Å². The molecule has 0 fully saturated rings. The Hall–Kier alpha value is -0.970. The first-order valence-corrected chi connectivity index (χ1v) is 8.04. The van der Waals surface area contributed by atoms with E-state index >= 15 is 0 Å². The summed E-state index contributed by atoms with van der Waals surface area (Å²) >= 11 is 1.50. The molecule has 0 aliphatic heterocycles. The van der Waals surface area contributed by atoms with Crippen molar-refractivity contribution in [1.82, 2.24) is 9.97 Å². The van der Waals surface area contributed by atoms with Crippen molar-refractivity contribution in [3.63, 3.8) is 0 Å². The number of aromatic amines is 1. The van der Waals surface area contributed by atoms with Crippen molar-refractivity contribution in [3.8, 4) is 5.88 Å². The van der Waals surface area contributed by atoms with Crippen LogP contribution in [0.1, 0.15) is 64.4 Å². The maximum Gasteiger partial charge on any atom is 0.258 e. The van der Waals surface area contributed by atoms with E-state index in [1.165, 1.54) is 31.0 Å². The summed E-state index contributed by atoms with van der Waals surface area (Å²) in [5, 5.41) is 10.4. The van der Waals surface area contributed by atoms with Crippen LogP contribution in [0.15, 0.2) is 9.95 Å². The van der Waals surface area contributed by atoms with Gasteiger partial charge in [0.1, 0.15) is 0 Å². The van der Waals surface area contributed by atoms with Crippen LogP contribution < -0.4 is 5.56 Å². The van der Waals surface area contributed by atoms with Gasteiger partial charge in [-0.05, 0) is 18.8 Å². The minimum absolute atomic E-state index is 0.0276. The number of thioether (sulfide) groups is 1. The Morgan fingerprint density at radius 1 is 1.32 bits per heavy atom. The van der Waals surface area contributed by atoms with Crippen molar-refractivity contribution in [1.29, 1.82) is 0 Å². The molecule has 0 radical (unpaired) electrons. The van der Waals surface area contributed by atoms with Crippen molar-refractivity contribution in [2.24, 2.45) is 0 Å². The predicted molar refractivity (Wildman–Crippen MR) is 80.1 cm³/mol. The Balaban J connectivity index is 2.65. The van der Waals surface area contributed by atoms with E-state index in [2.05, 4.69) is 16.9 Å². The summed E-state index contributed by atoms with van der Waals surface area (Å²) in [6.07, 6.45) is 5.56. The Morgan fingerprint density at radius 3 is 2.63 bits per heavy atom. The lowest BCUT2D eigenvalue weighted by atomic mass is 10.0. The Labute approximate surface area is 119 Å². The summed E-state index contributed by atoms with van der Waals surface area (Å²) in [4.78, 5) is 18.8. The summed E-state index contributed by atoms with van der Waals surface area (Å²) in [7, 11) is 0. The van der Waals surface area contributed by atoms with Crippen molar-refractivity contribution >= 4 is 11.8 Å². The Kier molecular flexibility index (Phi) is 6.99. The highest BCUT2D eigenvalue weighted by molar-refractivity contribution is 7.99. The van der Waals surface area contributed by atoms with E-state index in [-0.39, 0.29) is 17.4 Å². The molecule has 1 aromatic heterocycles. The van der Waals surface area contributed by atoms with Gasteiger partial charge in [-0.2, -0.15) is 4.98 Å². The molecule has 0 saturated heterocycles. The lowest BCUT2D eigenvalue weighted by molar-refractivity contribution is 0.429. The van der Waals surface area contributed by atoms with Gasteiger partial charge >= 0.3 is 0 Å². The fraction of sp³-hybridized carbons (Fsp3) is 0.714. The average molecular weight is 284 g/mol. The molecule has 0 saturated carbocycles. The molecule has 19 heavy (non-hydrogen) atoms. The molecule has 1 aromatic rings. The van der Waals surface area contributed by atoms with E-state index in [0.29, 0.717) is 10.7 Å². The van der Waals surface area contributed by atoms with Crippen molar-refractivity contribution in [3.05, 3.63) is 15.9 Å². The van der Waals surface area contributed by atoms with Gasteiger partial charge in [0.2, 0.25) is 5.88 Å². The molecule has 4 nitrogen and oxygen atoms in total. The van der Waals surface area contributed by atoms with Crippen molar-refractivity contribution in [2.45, 2.75) is 63.9 Å². The summed E-state index contributed by atoms with van der Waals surface area (Å²) in [6.45, 7) is 6.08. The zero-order valence-electron chi connectivity index (χ0n) is 12.0. The predicted octanol–water partition coefficient (Wildman–Crippen LogP) is 3.66. The van der Waals surface area contributed by atoms with Crippen molar-refractivity contribution in [2.75, 3.05) is 5.75 Å². The Morgan fingerprint density at radius 2 is 2.05 bits per heavy atom. The van der Waals surface area contributed by atoms with Gasteiger partial charge in [-0.1, -0.05) is 51.8 Å². The number of nitrogens with one attached hydrogen (secondary N) is 1. The zero-order chi connectivity index (χ0) is 14.3. The number of unbranched alkanes of at least 4 members (excludes halogenated alkanes) is 3. The number of rotatable bonds is 8. The normalized spacial score (nSPS) is 12.6. The second-order valence-corrected chi connectivity index (χ2v) is 5.91. The molecule has 1 heterocycles. The van der Waals surface area contributed by atoms with Gasteiger partial charge in [0.25, 0.3) is 5.56 Å². The second-order valence-electron chi connectivity index (χ2n) is 4.83. The molecule has 1 atom stereocenters. The van der Waals surface area contributed by atoms with E-state index < -0.39 is 0 Å². The first kappa shape index (κ1) is 16.1. The molecule has 0 spiro atoms. The number of hydrogen-bond donors (Lipinski definition) is 2. The molecule has 0 bridgehead atoms. The summed E-state index contributed by atoms with van der Waals surface area (Å²) in [6, 6.07) is 0. The van der Waals surface area contributed by atoms with Crippen LogP contribution in [0.5, 0.6) is 5.88 Å². The minimum Gasteiger partial charge on any atom is -0.493 e. The monoisotopic (exact) mass is 284 g/mol. The van der Waals surface area contributed by atoms with Crippen LogP contribution in [-0.4, -0.2) is 20.8 Å². The summed E-state index contributed by atoms with van der Waals surface area (Å²) in [5.41, 5.74) is 0.191. The van der Waals surface area contributed by atoms with Crippen LogP contribution in [0, 0.1) is 0 Å². The number of aromatic hydroxyl groups is 1. The third-order valence-corrected chi connectivity index (χ3v) is 4.21. The van der Waals surface area contributed by atoms with Crippen molar-refractivity contribution < 1.29 is 5.11 Å². The highest BCUT2D eigenvalue weighted by Crippen LogP contribution is 2.24. The third kappa shape index (κ3) is 4.90. The molecule has 0 unspecified atom stereocenters. The lowest BCUT2D eigenvalue weighted by Crippen LogP contribution is -2.17. The van der Waals surface area contributed by atoms with Crippen LogP contribution in [0.3, 0.4) is 0 Å². The molecule has 5 heteroatoms. The third-order valence-electron chi connectivity index (χ3n) is 3.26. The highest BCUT2D eigenvalue weighted by Gasteiger charge is 2.16. The molecular weight excluding hydrogens is 260 g/mol. The van der Waals surface area contributed by atoms with Crippen LogP contribution in [0.4, 0.5) is 0 Å². The van der Waals surface area contributed by atoms with E-state index in [4.69, 9.17) is 0 Å². The topological polar surface area (TPSA) is 66.0 Å². The van der Waals surface area contributed by atoms with Gasteiger partial charge in [-0.3, -0.25) is 4.79 Å². The maximum atomic E-state index is 11.9. The van der Waals surface area contributed by atoms with Gasteiger partial charge in [-0.15, -0.1) is 0 Å². The highest BCUT2D eigenvalue weighted by atomic mass is 32.2. The second kappa shape index (κ2) is 8.25. The van der Waals surface area contributed by atoms with Gasteiger partial charge in [0.05, 0.1) is 5.56 Å². The maximum absolute atomic E-state index is 11.9. The first-order valence-electron chi connectivity index (χ1n) is 7.06. The van der Waals surface area contributed by atoms with Gasteiger partial charge in [0.15, 0.2) is 5.16 Å². The fourth-order valence-electron chi connectivity index (χ4n) is 1.86. The van der Waals surface area contributed by atoms with Gasteiger partial charge < -0.3 is 10.1 Å². The first-order chi connectivity index (χ1) is 9.10. The standard InChI is InChI=1S/C14H24N2O2S/c1-4-6-7-8-9-19-14-15-12(17)11(10(3)5-2)13(18)16-14/h10H,4-9H2,1-3H3,(H2,15,16,17,18)/t10-/m0/s1.